The average Bonchev–Trinajstić information content (AvgIpc) is 3.13. The molecule has 1 aliphatic heterocycles. The number of nitrogens with one attached hydrogen (secondary N) is 2. The lowest BCUT2D eigenvalue weighted by Crippen LogP contribution is -2.49. The second kappa shape index (κ2) is 9.30. The maximum Gasteiger partial charge on any atom is 0.239 e. The Morgan fingerprint density at radius 2 is 1.94 bits per heavy atom. The van der Waals surface area contributed by atoms with E-state index in [-0.39, 0.29) is 23.8 Å². The SMILES string of the molecule is Cc1cc(NC(=O)CNC2(c3cccc(Br)c3)CCOCC2)n(-c2ccc(F)cc2)n1. The lowest BCUT2D eigenvalue weighted by molar-refractivity contribution is -0.116. The number of aryl methyl sites for hydroxylation is 1. The summed E-state index contributed by atoms with van der Waals surface area (Å²) in [5.74, 6) is 0.0419. The molecule has 1 aromatic heterocycles. The van der Waals surface area contributed by atoms with Crippen molar-refractivity contribution in [3.63, 3.8) is 0 Å². The van der Waals surface area contributed by atoms with Gasteiger partial charge in [-0.1, -0.05) is 28.1 Å². The van der Waals surface area contributed by atoms with Crippen LogP contribution < -0.4 is 10.6 Å². The lowest BCUT2D eigenvalue weighted by Gasteiger charge is -2.38. The van der Waals surface area contributed by atoms with Crippen molar-refractivity contribution in [3.8, 4) is 5.69 Å². The van der Waals surface area contributed by atoms with E-state index in [1.54, 1.807) is 22.9 Å². The molecule has 2 N–H and O–H groups in total. The molecule has 1 saturated heterocycles. The van der Waals surface area contributed by atoms with Gasteiger partial charge in [0, 0.05) is 29.3 Å². The molecule has 0 saturated carbocycles. The molecule has 0 atom stereocenters. The third-order valence-corrected chi connectivity index (χ3v) is 5.97. The number of amides is 1. The van der Waals surface area contributed by atoms with Gasteiger partial charge >= 0.3 is 0 Å². The Bertz CT molecular complexity index is 1060. The van der Waals surface area contributed by atoms with E-state index in [1.807, 2.05) is 19.1 Å². The molecule has 2 heterocycles. The number of carbonyl (C=O) groups excluding carboxylic acids is 1. The topological polar surface area (TPSA) is 68.2 Å². The monoisotopic (exact) mass is 486 g/mol. The average molecular weight is 487 g/mol. The first-order chi connectivity index (χ1) is 14.9. The van der Waals surface area contributed by atoms with Gasteiger partial charge in [-0.3, -0.25) is 10.1 Å². The van der Waals surface area contributed by atoms with Gasteiger partial charge in [-0.25, -0.2) is 9.07 Å². The minimum atomic E-state index is -0.327. The fourth-order valence-electron chi connectivity index (χ4n) is 3.88. The van der Waals surface area contributed by atoms with Crippen LogP contribution in [0.5, 0.6) is 0 Å². The number of halogens is 2. The van der Waals surface area contributed by atoms with Gasteiger partial charge < -0.3 is 10.1 Å². The highest BCUT2D eigenvalue weighted by Gasteiger charge is 2.34. The minimum absolute atomic E-state index is 0.139. The third kappa shape index (κ3) is 5.03. The molecule has 6 nitrogen and oxygen atoms in total. The molecule has 0 bridgehead atoms. The number of benzene rings is 2. The second-order valence-corrected chi connectivity index (χ2v) is 8.58. The zero-order valence-corrected chi connectivity index (χ0v) is 18.8. The zero-order valence-electron chi connectivity index (χ0n) is 17.2. The van der Waals surface area contributed by atoms with Gasteiger partial charge in [0.15, 0.2) is 0 Å². The second-order valence-electron chi connectivity index (χ2n) is 7.67. The molecule has 1 amide bonds. The normalized spacial score (nSPS) is 15.6. The van der Waals surface area contributed by atoms with Crippen LogP contribution in [0.1, 0.15) is 24.1 Å². The first-order valence-electron chi connectivity index (χ1n) is 10.2. The van der Waals surface area contributed by atoms with Gasteiger partial charge in [-0.2, -0.15) is 5.10 Å². The molecule has 162 valence electrons. The molecule has 0 spiro atoms. The van der Waals surface area contributed by atoms with E-state index < -0.39 is 0 Å². The number of hydrogen-bond acceptors (Lipinski definition) is 4. The van der Waals surface area contributed by atoms with Crippen LogP contribution in [-0.2, 0) is 15.1 Å². The molecule has 0 unspecified atom stereocenters. The summed E-state index contributed by atoms with van der Waals surface area (Å²) in [5.41, 5.74) is 2.23. The molecule has 1 aliphatic rings. The summed E-state index contributed by atoms with van der Waals surface area (Å²) in [6.07, 6.45) is 1.56. The Labute approximate surface area is 188 Å². The van der Waals surface area contributed by atoms with Crippen molar-refractivity contribution in [2.24, 2.45) is 0 Å². The van der Waals surface area contributed by atoms with Crippen LogP contribution >= 0.6 is 15.9 Å². The number of ether oxygens (including phenoxy) is 1. The van der Waals surface area contributed by atoms with Crippen LogP contribution in [0.25, 0.3) is 5.69 Å². The van der Waals surface area contributed by atoms with Gasteiger partial charge in [0.2, 0.25) is 5.91 Å². The fourth-order valence-corrected chi connectivity index (χ4v) is 4.28. The van der Waals surface area contributed by atoms with Crippen molar-refractivity contribution in [2.45, 2.75) is 25.3 Å². The van der Waals surface area contributed by atoms with E-state index in [0.717, 1.165) is 28.6 Å². The molecular formula is C23H24BrFN4O2. The van der Waals surface area contributed by atoms with Crippen LogP contribution in [0.2, 0.25) is 0 Å². The highest BCUT2D eigenvalue weighted by Crippen LogP contribution is 2.33. The molecular weight excluding hydrogens is 463 g/mol. The van der Waals surface area contributed by atoms with Crippen LogP contribution in [0.15, 0.2) is 59.1 Å². The van der Waals surface area contributed by atoms with Crippen molar-refractivity contribution >= 4 is 27.7 Å². The molecule has 1 fully saturated rings. The quantitative estimate of drug-likeness (QED) is 0.544. The van der Waals surface area contributed by atoms with Crippen molar-refractivity contribution in [1.82, 2.24) is 15.1 Å². The third-order valence-electron chi connectivity index (χ3n) is 5.48. The Hall–Kier alpha value is -2.55. The van der Waals surface area contributed by atoms with E-state index in [9.17, 15) is 9.18 Å². The molecule has 2 aromatic carbocycles. The summed E-state index contributed by atoms with van der Waals surface area (Å²) >= 11 is 3.54. The predicted molar refractivity (Wildman–Crippen MR) is 121 cm³/mol. The van der Waals surface area contributed by atoms with Gasteiger partial charge in [0.25, 0.3) is 0 Å². The molecule has 31 heavy (non-hydrogen) atoms. The molecule has 4 rings (SSSR count). The molecule has 0 aliphatic carbocycles. The minimum Gasteiger partial charge on any atom is -0.381 e. The molecule has 8 heteroatoms. The van der Waals surface area contributed by atoms with Crippen molar-refractivity contribution in [2.75, 3.05) is 25.1 Å². The van der Waals surface area contributed by atoms with Gasteiger partial charge in [-0.15, -0.1) is 0 Å². The van der Waals surface area contributed by atoms with Crippen LogP contribution in [0, 0.1) is 12.7 Å². The Morgan fingerprint density at radius 3 is 2.65 bits per heavy atom. The van der Waals surface area contributed by atoms with Gasteiger partial charge in [-0.05, 0) is 61.7 Å². The number of nitrogens with zero attached hydrogens (tertiary/aromatic N) is 2. The summed E-state index contributed by atoms with van der Waals surface area (Å²) in [6.45, 7) is 3.26. The number of carbonyl (C=O) groups is 1. The summed E-state index contributed by atoms with van der Waals surface area (Å²) < 4.78 is 21.4. The molecule has 3 aromatic rings. The smallest absolute Gasteiger partial charge is 0.239 e. The summed E-state index contributed by atoms with van der Waals surface area (Å²) in [7, 11) is 0. The van der Waals surface area contributed by atoms with Crippen LogP contribution in [-0.4, -0.2) is 35.4 Å². The van der Waals surface area contributed by atoms with E-state index in [4.69, 9.17) is 4.74 Å². The summed E-state index contributed by atoms with van der Waals surface area (Å²) in [6, 6.07) is 15.9. The Balaban J connectivity index is 1.49. The first kappa shape index (κ1) is 21.7. The first-order valence-corrected chi connectivity index (χ1v) is 11.0. The summed E-state index contributed by atoms with van der Waals surface area (Å²) in [5, 5.41) is 10.8. The van der Waals surface area contributed by atoms with Crippen LogP contribution in [0.4, 0.5) is 10.2 Å². The maximum absolute atomic E-state index is 13.3. The highest BCUT2D eigenvalue weighted by atomic mass is 79.9. The molecule has 0 radical (unpaired) electrons. The van der Waals surface area contributed by atoms with Gasteiger partial charge in [0.05, 0.1) is 17.9 Å². The number of aromatic nitrogens is 2. The predicted octanol–water partition coefficient (Wildman–Crippen LogP) is 4.32. The highest BCUT2D eigenvalue weighted by molar-refractivity contribution is 9.10. The number of rotatable bonds is 6. The zero-order chi connectivity index (χ0) is 21.8. The van der Waals surface area contributed by atoms with Crippen LogP contribution in [0.3, 0.4) is 0 Å². The van der Waals surface area contributed by atoms with Crippen molar-refractivity contribution in [1.29, 1.82) is 0 Å². The van der Waals surface area contributed by atoms with E-state index in [0.29, 0.717) is 24.7 Å². The summed E-state index contributed by atoms with van der Waals surface area (Å²) in [4.78, 5) is 12.8. The maximum atomic E-state index is 13.3. The Morgan fingerprint density at radius 1 is 1.19 bits per heavy atom. The van der Waals surface area contributed by atoms with E-state index in [1.165, 1.54) is 12.1 Å². The Kier molecular flexibility index (Phi) is 6.50. The van der Waals surface area contributed by atoms with Crippen molar-refractivity contribution < 1.29 is 13.9 Å². The fraction of sp³-hybridized carbons (Fsp3) is 0.304. The standard InChI is InChI=1S/C23H24BrFN4O2/c1-16-13-21(29(28-16)20-7-5-19(25)6-8-20)27-22(30)15-26-23(9-11-31-12-10-23)17-3-2-4-18(24)14-17/h2-8,13-14,26H,9-12,15H2,1H3,(H,27,30). The lowest BCUT2D eigenvalue weighted by atomic mass is 9.82. The number of anilines is 1. The number of hydrogen-bond donors (Lipinski definition) is 2. The van der Waals surface area contributed by atoms with Gasteiger partial charge in [0.1, 0.15) is 11.6 Å². The van der Waals surface area contributed by atoms with E-state index >= 15 is 0 Å². The van der Waals surface area contributed by atoms with E-state index in [2.05, 4.69) is 43.8 Å². The van der Waals surface area contributed by atoms with Crippen molar-refractivity contribution in [3.05, 3.63) is 76.1 Å². The largest absolute Gasteiger partial charge is 0.381 e.